The van der Waals surface area contributed by atoms with Crippen LogP contribution in [0.5, 0.6) is 0 Å². The van der Waals surface area contributed by atoms with E-state index < -0.39 is 0 Å². The molecule has 1 unspecified atom stereocenters. The Morgan fingerprint density at radius 2 is 1.95 bits per heavy atom. The molecule has 2 aromatic carbocycles. The first kappa shape index (κ1) is 15.8. The number of nitrogens with one attached hydrogen (secondary N) is 1. The molecule has 0 aliphatic carbocycles. The Balaban J connectivity index is 2.13. The van der Waals surface area contributed by atoms with Crippen LogP contribution in [-0.2, 0) is 0 Å². The molecule has 0 radical (unpaired) electrons. The maximum atomic E-state index is 12.3. The van der Waals surface area contributed by atoms with Crippen LogP contribution in [0.4, 0.5) is 0 Å². The van der Waals surface area contributed by atoms with E-state index in [1.807, 2.05) is 19.1 Å². The number of amides is 1. The fourth-order valence-electron chi connectivity index (χ4n) is 1.88. The van der Waals surface area contributed by atoms with Crippen LogP contribution in [0.1, 0.15) is 34.5 Å². The average molecular weight is 411 g/mol. The van der Waals surface area contributed by atoms with Crippen molar-refractivity contribution in [2.24, 2.45) is 0 Å². The first-order valence-electron chi connectivity index (χ1n) is 6.27. The van der Waals surface area contributed by atoms with Gasteiger partial charge >= 0.3 is 0 Å². The Hall–Kier alpha value is -1.58. The molecule has 5 heteroatoms. The highest BCUT2D eigenvalue weighted by Gasteiger charge is 2.14. The number of rotatable bonds is 3. The van der Waals surface area contributed by atoms with Gasteiger partial charge in [-0.2, -0.15) is 5.26 Å². The van der Waals surface area contributed by atoms with E-state index in [4.69, 9.17) is 16.9 Å². The molecule has 0 aliphatic rings. The Kier molecular flexibility index (Phi) is 5.21. The van der Waals surface area contributed by atoms with Crippen LogP contribution in [0, 0.1) is 14.9 Å². The number of benzene rings is 2. The molecule has 21 heavy (non-hydrogen) atoms. The maximum Gasteiger partial charge on any atom is 0.252 e. The topological polar surface area (TPSA) is 52.9 Å². The van der Waals surface area contributed by atoms with Crippen molar-refractivity contribution < 1.29 is 4.79 Å². The first-order chi connectivity index (χ1) is 10.0. The molecule has 106 valence electrons. The lowest BCUT2D eigenvalue weighted by Gasteiger charge is -2.15. The lowest BCUT2D eigenvalue weighted by atomic mass is 10.1. The molecule has 0 aliphatic heterocycles. The molecule has 2 rings (SSSR count). The van der Waals surface area contributed by atoms with Crippen molar-refractivity contribution in [3.8, 4) is 6.07 Å². The molecule has 0 saturated heterocycles. The van der Waals surface area contributed by atoms with Crippen molar-refractivity contribution in [2.45, 2.75) is 13.0 Å². The quantitative estimate of drug-likeness (QED) is 0.767. The van der Waals surface area contributed by atoms with Crippen LogP contribution in [0.15, 0.2) is 42.5 Å². The van der Waals surface area contributed by atoms with E-state index in [1.54, 1.807) is 30.3 Å². The molecule has 1 amide bonds. The van der Waals surface area contributed by atoms with Crippen molar-refractivity contribution >= 4 is 40.1 Å². The predicted molar refractivity (Wildman–Crippen MR) is 91.2 cm³/mol. The summed E-state index contributed by atoms with van der Waals surface area (Å²) in [6.45, 7) is 1.90. The number of nitriles is 1. The summed E-state index contributed by atoms with van der Waals surface area (Å²) in [5.41, 5.74) is 2.15. The normalized spacial score (nSPS) is 11.5. The van der Waals surface area contributed by atoms with Gasteiger partial charge in [0.25, 0.3) is 5.91 Å². The molecule has 1 N–H and O–H groups in total. The third-order valence-corrected chi connectivity index (χ3v) is 4.19. The second kappa shape index (κ2) is 6.92. The van der Waals surface area contributed by atoms with Crippen LogP contribution in [0.3, 0.4) is 0 Å². The number of nitrogens with zero attached hydrogens (tertiary/aromatic N) is 1. The Morgan fingerprint density at radius 1 is 1.29 bits per heavy atom. The Morgan fingerprint density at radius 3 is 2.52 bits per heavy atom. The number of hydrogen-bond acceptors (Lipinski definition) is 2. The average Bonchev–Trinajstić information content (AvgIpc) is 2.47. The summed E-state index contributed by atoms with van der Waals surface area (Å²) in [4.78, 5) is 12.3. The summed E-state index contributed by atoms with van der Waals surface area (Å²) in [6, 6.07) is 14.3. The van der Waals surface area contributed by atoms with E-state index >= 15 is 0 Å². The monoisotopic (exact) mass is 410 g/mol. The molecule has 1 atom stereocenters. The van der Waals surface area contributed by atoms with Crippen LogP contribution >= 0.6 is 34.2 Å². The van der Waals surface area contributed by atoms with E-state index in [0.717, 1.165) is 9.13 Å². The van der Waals surface area contributed by atoms with Crippen molar-refractivity contribution in [1.82, 2.24) is 5.32 Å². The molecule has 0 heterocycles. The summed E-state index contributed by atoms with van der Waals surface area (Å²) in [5, 5.41) is 12.3. The number of halogens is 2. The SMILES string of the molecule is CC(NC(=O)c1ccc(Cl)cc1I)c1ccc(C#N)cc1. The number of hydrogen-bond donors (Lipinski definition) is 1. The minimum absolute atomic E-state index is 0.142. The smallest absolute Gasteiger partial charge is 0.252 e. The third kappa shape index (κ3) is 3.96. The molecular formula is C16H12ClIN2O. The van der Waals surface area contributed by atoms with Crippen LogP contribution < -0.4 is 5.32 Å². The largest absolute Gasteiger partial charge is 0.345 e. The lowest BCUT2D eigenvalue weighted by molar-refractivity contribution is 0.0939. The number of carbonyl (C=O) groups excluding carboxylic acids is 1. The standard InChI is InChI=1S/C16H12ClIN2O/c1-10(12-4-2-11(9-19)3-5-12)20-16(21)14-7-6-13(17)8-15(14)18/h2-8,10H,1H3,(H,20,21). The van der Waals surface area contributed by atoms with E-state index in [1.165, 1.54) is 0 Å². The summed E-state index contributed by atoms with van der Waals surface area (Å²) in [7, 11) is 0. The van der Waals surface area contributed by atoms with Gasteiger partial charge in [-0.25, -0.2) is 0 Å². The van der Waals surface area contributed by atoms with Gasteiger partial charge < -0.3 is 5.32 Å². The lowest BCUT2D eigenvalue weighted by Crippen LogP contribution is -2.27. The molecule has 0 aromatic heterocycles. The van der Waals surface area contributed by atoms with E-state index in [-0.39, 0.29) is 11.9 Å². The van der Waals surface area contributed by atoms with Gasteiger partial charge in [0.1, 0.15) is 0 Å². The highest BCUT2D eigenvalue weighted by Crippen LogP contribution is 2.19. The first-order valence-corrected chi connectivity index (χ1v) is 7.73. The minimum atomic E-state index is -0.145. The van der Waals surface area contributed by atoms with Crippen molar-refractivity contribution in [3.63, 3.8) is 0 Å². The second-order valence-electron chi connectivity index (χ2n) is 4.55. The van der Waals surface area contributed by atoms with Gasteiger partial charge in [-0.3, -0.25) is 4.79 Å². The highest BCUT2D eigenvalue weighted by molar-refractivity contribution is 14.1. The van der Waals surface area contributed by atoms with Crippen molar-refractivity contribution in [2.75, 3.05) is 0 Å². The van der Waals surface area contributed by atoms with Crippen molar-refractivity contribution in [1.29, 1.82) is 5.26 Å². The Labute approximate surface area is 142 Å². The molecule has 3 nitrogen and oxygen atoms in total. The van der Waals surface area contributed by atoms with Gasteiger partial charge in [0.05, 0.1) is 23.2 Å². The van der Waals surface area contributed by atoms with Gasteiger partial charge in [0.15, 0.2) is 0 Å². The number of carbonyl (C=O) groups is 1. The van der Waals surface area contributed by atoms with Gasteiger partial charge in [-0.05, 0) is 65.4 Å². The fraction of sp³-hybridized carbons (Fsp3) is 0.125. The zero-order chi connectivity index (χ0) is 15.4. The molecule has 2 aromatic rings. The summed E-state index contributed by atoms with van der Waals surface area (Å²) >= 11 is 7.98. The molecule has 0 saturated carbocycles. The maximum absolute atomic E-state index is 12.3. The highest BCUT2D eigenvalue weighted by atomic mass is 127. The zero-order valence-corrected chi connectivity index (χ0v) is 14.1. The van der Waals surface area contributed by atoms with Crippen LogP contribution in [-0.4, -0.2) is 5.91 Å². The minimum Gasteiger partial charge on any atom is -0.345 e. The van der Waals surface area contributed by atoms with Crippen LogP contribution in [0.2, 0.25) is 5.02 Å². The van der Waals surface area contributed by atoms with E-state index in [0.29, 0.717) is 16.1 Å². The molecular weight excluding hydrogens is 399 g/mol. The van der Waals surface area contributed by atoms with Gasteiger partial charge in [-0.15, -0.1) is 0 Å². The van der Waals surface area contributed by atoms with Crippen LogP contribution in [0.25, 0.3) is 0 Å². The second-order valence-corrected chi connectivity index (χ2v) is 6.15. The van der Waals surface area contributed by atoms with E-state index in [2.05, 4.69) is 34.0 Å². The zero-order valence-electron chi connectivity index (χ0n) is 11.2. The predicted octanol–water partition coefficient (Wildman–Crippen LogP) is 4.31. The van der Waals surface area contributed by atoms with Gasteiger partial charge in [-0.1, -0.05) is 23.7 Å². The van der Waals surface area contributed by atoms with Gasteiger partial charge in [0, 0.05) is 8.59 Å². The van der Waals surface area contributed by atoms with Gasteiger partial charge in [0.2, 0.25) is 0 Å². The van der Waals surface area contributed by atoms with E-state index in [9.17, 15) is 4.79 Å². The Bertz CT molecular complexity index is 707. The third-order valence-electron chi connectivity index (χ3n) is 3.06. The fourth-order valence-corrected chi connectivity index (χ4v) is 2.99. The summed E-state index contributed by atoms with van der Waals surface area (Å²) in [6.07, 6.45) is 0. The van der Waals surface area contributed by atoms with Crippen molar-refractivity contribution in [3.05, 3.63) is 67.7 Å². The molecule has 0 spiro atoms. The molecule has 0 bridgehead atoms. The summed E-state index contributed by atoms with van der Waals surface area (Å²) in [5.74, 6) is -0.145. The molecule has 0 fully saturated rings. The summed E-state index contributed by atoms with van der Waals surface area (Å²) < 4.78 is 0.810.